The molecule has 2 aromatic heterocycles. The predicted octanol–water partition coefficient (Wildman–Crippen LogP) is 0.0846. The molecule has 2 atom stereocenters. The van der Waals surface area contributed by atoms with Crippen molar-refractivity contribution in [2.45, 2.75) is 33.4 Å². The normalized spacial score (nSPS) is 20.9. The molecule has 9 nitrogen and oxygen atoms in total. The van der Waals surface area contributed by atoms with Crippen molar-refractivity contribution in [2.24, 2.45) is 25.9 Å². The zero-order valence-electron chi connectivity index (χ0n) is 16.6. The molecule has 0 aromatic carbocycles. The summed E-state index contributed by atoms with van der Waals surface area (Å²) in [5, 5.41) is 0. The molecule has 0 saturated carbocycles. The summed E-state index contributed by atoms with van der Waals surface area (Å²) in [6.07, 6.45) is 1.18. The number of hydrogen-bond acceptors (Lipinski definition) is 6. The van der Waals surface area contributed by atoms with E-state index in [1.54, 1.807) is 11.6 Å². The zero-order chi connectivity index (χ0) is 19.9. The van der Waals surface area contributed by atoms with Gasteiger partial charge in [-0.15, -0.1) is 0 Å². The molecule has 0 radical (unpaired) electrons. The Labute approximate surface area is 157 Å². The van der Waals surface area contributed by atoms with Crippen LogP contribution in [0.5, 0.6) is 0 Å². The van der Waals surface area contributed by atoms with Crippen LogP contribution in [0.25, 0.3) is 11.2 Å². The van der Waals surface area contributed by atoms with Crippen molar-refractivity contribution in [2.75, 3.05) is 20.2 Å². The van der Waals surface area contributed by atoms with Crippen LogP contribution < -0.4 is 11.2 Å². The first-order valence-electron chi connectivity index (χ1n) is 9.17. The number of likely N-dealkylation sites (tertiary alicyclic amines) is 1. The van der Waals surface area contributed by atoms with Crippen molar-refractivity contribution >= 4 is 17.1 Å². The van der Waals surface area contributed by atoms with Gasteiger partial charge in [0.2, 0.25) is 0 Å². The first-order chi connectivity index (χ1) is 12.7. The maximum Gasteiger partial charge on any atom is 0.332 e. The molecule has 9 heteroatoms. The fourth-order valence-corrected chi connectivity index (χ4v) is 4.10. The number of esters is 1. The molecule has 3 heterocycles. The third kappa shape index (κ3) is 3.55. The van der Waals surface area contributed by atoms with Gasteiger partial charge in [0.15, 0.2) is 11.2 Å². The Balaban J connectivity index is 2.13. The average molecular weight is 377 g/mol. The highest BCUT2D eigenvalue weighted by atomic mass is 16.5. The summed E-state index contributed by atoms with van der Waals surface area (Å²) in [4.78, 5) is 43.8. The van der Waals surface area contributed by atoms with E-state index in [1.165, 1.54) is 25.1 Å². The molecule has 0 N–H and O–H groups in total. The third-order valence-electron chi connectivity index (χ3n) is 5.25. The van der Waals surface area contributed by atoms with Gasteiger partial charge in [0.25, 0.3) is 5.56 Å². The summed E-state index contributed by atoms with van der Waals surface area (Å²) in [7, 11) is 4.31. The van der Waals surface area contributed by atoms with Crippen LogP contribution in [-0.2, 0) is 36.7 Å². The highest BCUT2D eigenvalue weighted by molar-refractivity contribution is 5.75. The lowest BCUT2D eigenvalue weighted by molar-refractivity contribution is -0.141. The van der Waals surface area contributed by atoms with Gasteiger partial charge < -0.3 is 9.30 Å². The number of ether oxygens (including phenoxy) is 1. The molecular weight excluding hydrogens is 350 g/mol. The number of carbonyl (C=O) groups is 1. The Hall–Kier alpha value is -2.42. The number of rotatable bonds is 4. The topological polar surface area (TPSA) is 91.4 Å². The molecule has 3 rings (SSSR count). The van der Waals surface area contributed by atoms with E-state index in [0.717, 1.165) is 17.7 Å². The molecule has 1 aliphatic heterocycles. The van der Waals surface area contributed by atoms with Crippen molar-refractivity contribution in [1.29, 1.82) is 0 Å². The average Bonchev–Trinajstić information content (AvgIpc) is 2.95. The van der Waals surface area contributed by atoms with Crippen molar-refractivity contribution in [3.05, 3.63) is 26.7 Å². The van der Waals surface area contributed by atoms with E-state index in [0.29, 0.717) is 29.9 Å². The van der Waals surface area contributed by atoms with Crippen molar-refractivity contribution in [1.82, 2.24) is 23.6 Å². The van der Waals surface area contributed by atoms with E-state index in [4.69, 9.17) is 4.74 Å². The number of piperidine rings is 1. The number of aromatic nitrogens is 4. The quantitative estimate of drug-likeness (QED) is 0.701. The number of methoxy groups -OCH3 is 1. The third-order valence-corrected chi connectivity index (χ3v) is 5.25. The molecule has 1 saturated heterocycles. The summed E-state index contributed by atoms with van der Waals surface area (Å²) < 4.78 is 8.76. The highest BCUT2D eigenvalue weighted by Crippen LogP contribution is 2.23. The molecule has 1 fully saturated rings. The van der Waals surface area contributed by atoms with Crippen LogP contribution in [0, 0.1) is 11.8 Å². The van der Waals surface area contributed by atoms with Crippen LogP contribution >= 0.6 is 0 Å². The molecule has 0 unspecified atom stereocenters. The lowest BCUT2D eigenvalue weighted by Gasteiger charge is -2.34. The van der Waals surface area contributed by atoms with Gasteiger partial charge in [-0.25, -0.2) is 9.78 Å². The molecule has 0 amide bonds. The van der Waals surface area contributed by atoms with Gasteiger partial charge in [-0.1, -0.05) is 13.8 Å². The van der Waals surface area contributed by atoms with E-state index >= 15 is 0 Å². The maximum atomic E-state index is 12.7. The second kappa shape index (κ2) is 7.30. The van der Waals surface area contributed by atoms with Gasteiger partial charge in [0.05, 0.1) is 13.7 Å². The fraction of sp³-hybridized carbons (Fsp3) is 0.667. The van der Waals surface area contributed by atoms with Gasteiger partial charge in [-0.3, -0.25) is 23.6 Å². The number of hydrogen-bond donors (Lipinski definition) is 0. The summed E-state index contributed by atoms with van der Waals surface area (Å²) in [6.45, 7) is 6.71. The van der Waals surface area contributed by atoms with Crippen LogP contribution in [0.2, 0.25) is 0 Å². The number of aryl methyl sites for hydroxylation is 1. The van der Waals surface area contributed by atoms with Crippen LogP contribution in [-0.4, -0.2) is 49.8 Å². The number of nitrogens with zero attached hydrogens (tertiary/aromatic N) is 5. The van der Waals surface area contributed by atoms with Crippen LogP contribution in [0.15, 0.2) is 9.59 Å². The summed E-state index contributed by atoms with van der Waals surface area (Å²) in [5.74, 6) is 1.27. The van der Waals surface area contributed by atoms with Crippen LogP contribution in [0.4, 0.5) is 0 Å². The molecule has 0 aliphatic carbocycles. The van der Waals surface area contributed by atoms with E-state index in [9.17, 15) is 14.4 Å². The summed E-state index contributed by atoms with van der Waals surface area (Å²) >= 11 is 0. The van der Waals surface area contributed by atoms with E-state index < -0.39 is 17.2 Å². The number of imidazole rings is 1. The van der Waals surface area contributed by atoms with Gasteiger partial charge >= 0.3 is 11.7 Å². The zero-order valence-corrected chi connectivity index (χ0v) is 16.6. The van der Waals surface area contributed by atoms with E-state index in [2.05, 4.69) is 23.7 Å². The molecule has 1 aliphatic rings. The van der Waals surface area contributed by atoms with Gasteiger partial charge in [-0.2, -0.15) is 0 Å². The molecule has 0 bridgehead atoms. The Morgan fingerprint density at radius 1 is 1.15 bits per heavy atom. The van der Waals surface area contributed by atoms with Crippen LogP contribution in [0.3, 0.4) is 0 Å². The second-order valence-electron chi connectivity index (χ2n) is 7.71. The Morgan fingerprint density at radius 3 is 2.37 bits per heavy atom. The monoisotopic (exact) mass is 377 g/mol. The minimum absolute atomic E-state index is 0.116. The van der Waals surface area contributed by atoms with Gasteiger partial charge in [-0.05, 0) is 18.3 Å². The molecule has 27 heavy (non-hydrogen) atoms. The predicted molar refractivity (Wildman–Crippen MR) is 100 cm³/mol. The smallest absolute Gasteiger partial charge is 0.332 e. The largest absolute Gasteiger partial charge is 0.468 e. The second-order valence-corrected chi connectivity index (χ2v) is 7.71. The number of fused-ring (bicyclic) bond motifs is 1. The molecular formula is C18H27N5O4. The lowest BCUT2D eigenvalue weighted by atomic mass is 9.92. The standard InChI is InChI=1S/C18H27N5O4/c1-11-6-12(2)8-22(7-11)9-13-19-16-15(23(13)10-14(24)27-5)17(25)21(4)18(26)20(16)3/h11-12H,6-10H2,1-5H3/t11-,12-/m1/s1. The Morgan fingerprint density at radius 2 is 1.78 bits per heavy atom. The molecule has 2 aromatic rings. The minimum Gasteiger partial charge on any atom is -0.468 e. The summed E-state index contributed by atoms with van der Waals surface area (Å²) in [5.41, 5.74) is -0.365. The van der Waals surface area contributed by atoms with Crippen LogP contribution in [0.1, 0.15) is 26.1 Å². The Bertz CT molecular complexity index is 976. The first-order valence-corrected chi connectivity index (χ1v) is 9.17. The van der Waals surface area contributed by atoms with Gasteiger partial charge in [0, 0.05) is 27.2 Å². The van der Waals surface area contributed by atoms with E-state index in [-0.39, 0.29) is 12.1 Å². The minimum atomic E-state index is -0.466. The summed E-state index contributed by atoms with van der Waals surface area (Å²) in [6, 6.07) is 0. The van der Waals surface area contributed by atoms with Crippen molar-refractivity contribution in [3.63, 3.8) is 0 Å². The molecule has 0 spiro atoms. The first kappa shape index (κ1) is 19.3. The van der Waals surface area contributed by atoms with Crippen molar-refractivity contribution in [3.8, 4) is 0 Å². The molecule has 148 valence electrons. The fourth-order valence-electron chi connectivity index (χ4n) is 4.10. The lowest BCUT2D eigenvalue weighted by Crippen LogP contribution is -2.39. The van der Waals surface area contributed by atoms with Crippen molar-refractivity contribution < 1.29 is 9.53 Å². The SMILES string of the molecule is COC(=O)Cn1c(CN2C[C@H](C)C[C@@H](C)C2)nc2c1c(=O)n(C)c(=O)n2C. The highest BCUT2D eigenvalue weighted by Gasteiger charge is 2.26. The van der Waals surface area contributed by atoms with Gasteiger partial charge in [0.1, 0.15) is 12.4 Å². The Kier molecular flexibility index (Phi) is 5.23. The maximum absolute atomic E-state index is 12.7. The number of carbonyl (C=O) groups excluding carboxylic acids is 1. The van der Waals surface area contributed by atoms with E-state index in [1.807, 2.05) is 0 Å².